The molecule has 0 saturated carbocycles. The van der Waals surface area contributed by atoms with Gasteiger partial charge in [0.05, 0.1) is 0 Å². The molecule has 0 amide bonds. The molecule has 0 fully saturated rings. The van der Waals surface area contributed by atoms with Crippen molar-refractivity contribution < 1.29 is 72.1 Å². The standard InChI is InChI=1S/AsH3.K.H3O4P.H/c;;1-5(2,3)4;/h1H3;;(H3,1,2,3,4);/q;+1;;-1. The minimum absolute atomic E-state index is 0. The second-order valence-corrected chi connectivity index (χ2v) is 1.54. The van der Waals surface area contributed by atoms with E-state index in [1.807, 2.05) is 0 Å². The molecule has 42 valence electrons. The number of hydrogen-bond acceptors (Lipinski definition) is 1. The Morgan fingerprint density at radius 1 is 1.29 bits per heavy atom. The van der Waals surface area contributed by atoms with Gasteiger partial charge in [-0.05, 0) is 0 Å². The summed E-state index contributed by atoms with van der Waals surface area (Å²) in [5.41, 5.74) is 0. The number of rotatable bonds is 0. The normalized spacial score (nSPS) is 8.43. The maximum atomic E-state index is 8.88. The second kappa shape index (κ2) is 6.43. The van der Waals surface area contributed by atoms with E-state index in [2.05, 4.69) is 0 Å². The van der Waals surface area contributed by atoms with Crippen LogP contribution in [0.2, 0.25) is 0 Å². The molecule has 0 aliphatic rings. The average Bonchev–Trinajstić information content (AvgIpc) is 0.722. The molecule has 0 rings (SSSR count). The van der Waals surface area contributed by atoms with Crippen LogP contribution in [0.25, 0.3) is 0 Å². The minimum atomic E-state index is -4.64. The molecule has 0 aromatic heterocycles. The van der Waals surface area contributed by atoms with E-state index in [0.29, 0.717) is 0 Å². The van der Waals surface area contributed by atoms with E-state index >= 15 is 0 Å². The quantitative estimate of drug-likeness (QED) is 0.280. The summed E-state index contributed by atoms with van der Waals surface area (Å²) in [5, 5.41) is 0. The SMILES string of the molecule is O=P(O)(O)O.[AsH3].[H-].[K+]. The molecule has 3 N–H and O–H groups in total. The van der Waals surface area contributed by atoms with Crippen molar-refractivity contribution in [3.05, 3.63) is 0 Å². The summed E-state index contributed by atoms with van der Waals surface area (Å²) in [7, 11) is -4.64. The van der Waals surface area contributed by atoms with Crippen molar-refractivity contribution in [2.75, 3.05) is 0 Å². The van der Waals surface area contributed by atoms with Crippen LogP contribution in [0.15, 0.2) is 0 Å². The first-order valence-corrected chi connectivity index (χ1v) is 2.35. The van der Waals surface area contributed by atoms with E-state index in [1.54, 1.807) is 0 Å². The Hall–Kier alpha value is 2.30. The molecule has 0 spiro atoms. The summed E-state index contributed by atoms with van der Waals surface area (Å²) in [6.45, 7) is 0. The molecule has 0 aliphatic heterocycles. The third kappa shape index (κ3) is 62.1. The monoisotopic (exact) mass is 216 g/mol. The van der Waals surface area contributed by atoms with Gasteiger partial charge in [-0.15, -0.1) is 0 Å². The maximum absolute atomic E-state index is 8.88. The summed E-state index contributed by atoms with van der Waals surface area (Å²) in [6, 6.07) is 0. The predicted molar refractivity (Wildman–Crippen MR) is 25.3 cm³/mol. The fraction of sp³-hybridized carbons (Fsp3) is 0. The summed E-state index contributed by atoms with van der Waals surface area (Å²) < 4.78 is 8.88. The van der Waals surface area contributed by atoms with Crippen LogP contribution in [0.4, 0.5) is 0 Å². The van der Waals surface area contributed by atoms with Gasteiger partial charge in [0.2, 0.25) is 0 Å². The summed E-state index contributed by atoms with van der Waals surface area (Å²) in [5.74, 6) is 0. The molecule has 0 heterocycles. The fourth-order valence-corrected chi connectivity index (χ4v) is 0. The molecular formula is H7AsKO4P. The van der Waals surface area contributed by atoms with Crippen molar-refractivity contribution in [1.82, 2.24) is 0 Å². The Labute approximate surface area is 96.2 Å². The van der Waals surface area contributed by atoms with Gasteiger partial charge >= 0.3 is 77.2 Å². The zero-order valence-corrected chi connectivity index (χ0v) is 10.9. The van der Waals surface area contributed by atoms with Crippen molar-refractivity contribution in [2.24, 2.45) is 0 Å². The Morgan fingerprint density at radius 3 is 1.29 bits per heavy atom. The molecular weight excluding hydrogens is 209 g/mol. The van der Waals surface area contributed by atoms with Gasteiger partial charge in [0.1, 0.15) is 0 Å². The van der Waals surface area contributed by atoms with E-state index in [-0.39, 0.29) is 70.8 Å². The molecule has 0 aliphatic carbocycles. The van der Waals surface area contributed by atoms with Gasteiger partial charge in [-0.1, -0.05) is 0 Å². The molecule has 4 nitrogen and oxygen atoms in total. The van der Waals surface area contributed by atoms with Crippen molar-refractivity contribution in [3.8, 4) is 0 Å². The first-order chi connectivity index (χ1) is 2.00. The Kier molecular flexibility index (Phi) is 14.8. The predicted octanol–water partition coefficient (Wildman–Crippen LogP) is -5.00. The van der Waals surface area contributed by atoms with Gasteiger partial charge in [0.25, 0.3) is 0 Å². The minimum Gasteiger partial charge on any atom is -1.00 e. The van der Waals surface area contributed by atoms with Crippen LogP contribution in [0.3, 0.4) is 0 Å². The number of phosphoric acid groups is 1. The maximum Gasteiger partial charge on any atom is 1.00 e. The molecule has 7 heavy (non-hydrogen) atoms. The van der Waals surface area contributed by atoms with Gasteiger partial charge in [-0.3, -0.25) is 0 Å². The van der Waals surface area contributed by atoms with Gasteiger partial charge in [-0.25, -0.2) is 4.57 Å². The third-order valence-corrected chi connectivity index (χ3v) is 0. The molecule has 0 aromatic rings. The number of hydrogen-bond donors (Lipinski definition) is 3. The van der Waals surface area contributed by atoms with Crippen LogP contribution in [0.5, 0.6) is 0 Å². The Bertz CT molecular complexity index is 62.2. The smallest absolute Gasteiger partial charge is 1.00 e. The van der Waals surface area contributed by atoms with Crippen molar-refractivity contribution in [3.63, 3.8) is 0 Å². The van der Waals surface area contributed by atoms with Crippen LogP contribution in [-0.4, -0.2) is 32.6 Å². The first-order valence-electron chi connectivity index (χ1n) is 0.783. The third-order valence-electron chi connectivity index (χ3n) is 0. The van der Waals surface area contributed by atoms with Crippen LogP contribution in [0.1, 0.15) is 1.43 Å². The van der Waals surface area contributed by atoms with Gasteiger partial charge in [0, 0.05) is 0 Å². The van der Waals surface area contributed by atoms with E-state index < -0.39 is 7.82 Å². The average molecular weight is 216 g/mol. The van der Waals surface area contributed by atoms with E-state index in [0.717, 1.165) is 0 Å². The Morgan fingerprint density at radius 2 is 1.29 bits per heavy atom. The van der Waals surface area contributed by atoms with Crippen LogP contribution >= 0.6 is 7.82 Å². The largest absolute Gasteiger partial charge is 1.00 e. The molecule has 1 unspecified atom stereocenters. The van der Waals surface area contributed by atoms with Gasteiger partial charge in [0.15, 0.2) is 0 Å². The topological polar surface area (TPSA) is 77.8 Å². The molecule has 0 radical (unpaired) electrons. The van der Waals surface area contributed by atoms with Crippen molar-refractivity contribution in [1.29, 1.82) is 0 Å². The zero-order chi connectivity index (χ0) is 4.50. The summed E-state index contributed by atoms with van der Waals surface area (Å²) >= 11 is 0. The van der Waals surface area contributed by atoms with Gasteiger partial charge < -0.3 is 16.1 Å². The summed E-state index contributed by atoms with van der Waals surface area (Å²) in [6.07, 6.45) is 0. The van der Waals surface area contributed by atoms with Crippen LogP contribution in [0, 0.1) is 0 Å². The van der Waals surface area contributed by atoms with Crippen molar-refractivity contribution in [2.45, 2.75) is 0 Å². The second-order valence-electron chi connectivity index (χ2n) is 0.513. The summed E-state index contributed by atoms with van der Waals surface area (Å²) in [4.78, 5) is 21.6. The van der Waals surface area contributed by atoms with Crippen LogP contribution < -0.4 is 51.4 Å². The van der Waals surface area contributed by atoms with E-state index in [9.17, 15) is 0 Å². The first kappa shape index (κ1) is 16.1. The Balaban J connectivity index is -0.0000000267. The fourth-order valence-electron chi connectivity index (χ4n) is 0. The van der Waals surface area contributed by atoms with E-state index in [1.165, 1.54) is 0 Å². The van der Waals surface area contributed by atoms with Crippen molar-refractivity contribution >= 4 is 25.8 Å². The van der Waals surface area contributed by atoms with Gasteiger partial charge in [-0.2, -0.15) is 0 Å². The van der Waals surface area contributed by atoms with Crippen LogP contribution in [-0.2, 0) is 4.57 Å². The van der Waals surface area contributed by atoms with E-state index in [4.69, 9.17) is 19.2 Å². The molecule has 7 heteroatoms. The molecule has 1 atom stereocenters. The molecule has 0 saturated heterocycles. The molecule has 0 bridgehead atoms. The molecule has 0 aromatic carbocycles. The zero-order valence-electron chi connectivity index (χ0n) is 4.90.